The van der Waals surface area contributed by atoms with E-state index in [4.69, 9.17) is 15.2 Å². The molecule has 0 heterocycles. The van der Waals surface area contributed by atoms with Crippen molar-refractivity contribution in [3.8, 4) is 11.5 Å². The van der Waals surface area contributed by atoms with Gasteiger partial charge in [-0.05, 0) is 31.0 Å². The third-order valence-electron chi connectivity index (χ3n) is 5.13. The van der Waals surface area contributed by atoms with Crippen LogP contribution in [0.5, 0.6) is 11.5 Å². The summed E-state index contributed by atoms with van der Waals surface area (Å²) in [6.45, 7) is 0.649. The molecule has 0 aromatic heterocycles. The smallest absolute Gasteiger partial charge is 0.193 e. The first-order valence-corrected chi connectivity index (χ1v) is 9.01. The van der Waals surface area contributed by atoms with Gasteiger partial charge in [0.15, 0.2) is 5.96 Å². The predicted octanol–water partition coefficient (Wildman–Crippen LogP) is 3.94. The Labute approximate surface area is 155 Å². The van der Waals surface area contributed by atoms with E-state index >= 15 is 0 Å². The van der Waals surface area contributed by atoms with Crippen molar-refractivity contribution in [1.82, 2.24) is 0 Å². The van der Waals surface area contributed by atoms with Crippen LogP contribution in [0.3, 0.4) is 0 Å². The molecule has 0 aliphatic heterocycles. The van der Waals surface area contributed by atoms with Crippen LogP contribution in [-0.4, -0.2) is 26.7 Å². The van der Waals surface area contributed by atoms with Crippen molar-refractivity contribution in [3.63, 3.8) is 0 Å². The van der Waals surface area contributed by atoms with E-state index in [9.17, 15) is 0 Å². The largest absolute Gasteiger partial charge is 0.497 e. The Hall–Kier alpha value is -2.69. The lowest BCUT2D eigenvalue weighted by Crippen LogP contribution is -2.30. The summed E-state index contributed by atoms with van der Waals surface area (Å²) < 4.78 is 10.8. The quantitative estimate of drug-likeness (QED) is 0.610. The molecule has 0 spiro atoms. The zero-order valence-electron chi connectivity index (χ0n) is 15.5. The van der Waals surface area contributed by atoms with Gasteiger partial charge < -0.3 is 20.5 Å². The van der Waals surface area contributed by atoms with Crippen LogP contribution in [0.15, 0.2) is 53.5 Å². The van der Waals surface area contributed by atoms with Gasteiger partial charge in [-0.1, -0.05) is 37.1 Å². The van der Waals surface area contributed by atoms with E-state index in [2.05, 4.69) is 22.4 Å². The Kier molecular flexibility index (Phi) is 5.66. The van der Waals surface area contributed by atoms with E-state index in [1.54, 1.807) is 14.2 Å². The lowest BCUT2D eigenvalue weighted by Gasteiger charge is -2.29. The summed E-state index contributed by atoms with van der Waals surface area (Å²) in [5.41, 5.74) is 8.24. The summed E-state index contributed by atoms with van der Waals surface area (Å²) in [7, 11) is 3.37. The number of ether oxygens (including phenoxy) is 2. The molecule has 0 bridgehead atoms. The van der Waals surface area contributed by atoms with E-state index in [0.29, 0.717) is 12.5 Å². The monoisotopic (exact) mass is 353 g/mol. The highest BCUT2D eigenvalue weighted by Gasteiger charge is 2.37. The van der Waals surface area contributed by atoms with Crippen LogP contribution < -0.4 is 20.5 Å². The standard InChI is InChI=1S/C21H27N3O2/c1-25-17-9-7-8-16(14-17)24-20(22)23-15-21(12-5-6-13-21)18-10-3-4-11-19(18)26-2/h3-4,7-11,14H,5-6,12-13,15H2,1-2H3,(H3,22,23,24). The number of guanidine groups is 1. The third kappa shape index (κ3) is 3.93. The number of aliphatic imine (C=N–C) groups is 1. The third-order valence-corrected chi connectivity index (χ3v) is 5.13. The minimum Gasteiger partial charge on any atom is -0.497 e. The number of nitrogens with two attached hydrogens (primary N) is 1. The molecular formula is C21H27N3O2. The Morgan fingerprint density at radius 2 is 1.85 bits per heavy atom. The lowest BCUT2D eigenvalue weighted by molar-refractivity contribution is 0.378. The van der Waals surface area contributed by atoms with Crippen LogP contribution in [0.1, 0.15) is 31.2 Å². The summed E-state index contributed by atoms with van der Waals surface area (Å²) in [4.78, 5) is 4.67. The molecule has 1 aliphatic carbocycles. The molecule has 1 saturated carbocycles. The maximum Gasteiger partial charge on any atom is 0.193 e. The SMILES string of the molecule is COc1cccc(NC(N)=NCC2(c3ccccc3OC)CCCC2)c1. The molecule has 3 rings (SSSR count). The number of anilines is 1. The van der Waals surface area contributed by atoms with Gasteiger partial charge in [0.25, 0.3) is 0 Å². The van der Waals surface area contributed by atoms with Gasteiger partial charge in [-0.25, -0.2) is 0 Å². The topological polar surface area (TPSA) is 68.9 Å². The molecule has 5 nitrogen and oxygen atoms in total. The zero-order chi connectivity index (χ0) is 18.4. The molecule has 5 heteroatoms. The maximum absolute atomic E-state index is 6.15. The fraction of sp³-hybridized carbons (Fsp3) is 0.381. The van der Waals surface area contributed by atoms with Gasteiger partial charge in [-0.15, -0.1) is 0 Å². The number of hydrogen-bond acceptors (Lipinski definition) is 3. The number of para-hydroxylation sites is 1. The summed E-state index contributed by atoms with van der Waals surface area (Å²) in [5.74, 6) is 2.13. The highest BCUT2D eigenvalue weighted by atomic mass is 16.5. The first kappa shape index (κ1) is 18.1. The predicted molar refractivity (Wildman–Crippen MR) is 106 cm³/mol. The molecule has 0 amide bonds. The van der Waals surface area contributed by atoms with Gasteiger partial charge in [0.05, 0.1) is 20.8 Å². The van der Waals surface area contributed by atoms with E-state index < -0.39 is 0 Å². The van der Waals surface area contributed by atoms with Crippen LogP contribution in [0.4, 0.5) is 5.69 Å². The minimum absolute atomic E-state index is 0.00667. The molecule has 26 heavy (non-hydrogen) atoms. The fourth-order valence-electron chi connectivity index (χ4n) is 3.77. The van der Waals surface area contributed by atoms with Crippen LogP contribution in [0, 0.1) is 0 Å². The summed E-state index contributed by atoms with van der Waals surface area (Å²) in [6.07, 6.45) is 4.61. The van der Waals surface area contributed by atoms with Crippen molar-refractivity contribution in [2.45, 2.75) is 31.1 Å². The molecule has 2 aromatic rings. The molecule has 1 aliphatic rings. The van der Waals surface area contributed by atoms with Crippen molar-refractivity contribution < 1.29 is 9.47 Å². The van der Waals surface area contributed by atoms with E-state index in [1.807, 2.05) is 36.4 Å². The van der Waals surface area contributed by atoms with Gasteiger partial charge in [0.1, 0.15) is 11.5 Å². The molecule has 1 fully saturated rings. The van der Waals surface area contributed by atoms with Crippen LogP contribution in [0.2, 0.25) is 0 Å². The van der Waals surface area contributed by atoms with Crippen LogP contribution in [0.25, 0.3) is 0 Å². The molecule has 2 aromatic carbocycles. The molecule has 0 saturated heterocycles. The lowest BCUT2D eigenvalue weighted by atomic mass is 9.78. The van der Waals surface area contributed by atoms with Crippen molar-refractivity contribution >= 4 is 11.6 Å². The first-order chi connectivity index (χ1) is 12.7. The van der Waals surface area contributed by atoms with E-state index in [1.165, 1.54) is 18.4 Å². The minimum atomic E-state index is -0.00667. The number of nitrogens with one attached hydrogen (secondary N) is 1. The van der Waals surface area contributed by atoms with E-state index in [-0.39, 0.29) is 5.41 Å². The van der Waals surface area contributed by atoms with E-state index in [0.717, 1.165) is 30.0 Å². The summed E-state index contributed by atoms with van der Waals surface area (Å²) in [5, 5.41) is 3.15. The summed E-state index contributed by atoms with van der Waals surface area (Å²) in [6, 6.07) is 15.9. The number of nitrogens with zero attached hydrogens (tertiary/aromatic N) is 1. The van der Waals surface area contributed by atoms with Gasteiger partial charge >= 0.3 is 0 Å². The highest BCUT2D eigenvalue weighted by Crippen LogP contribution is 2.44. The Balaban J connectivity index is 1.78. The Morgan fingerprint density at radius 1 is 1.08 bits per heavy atom. The molecule has 0 radical (unpaired) electrons. The van der Waals surface area contributed by atoms with Crippen molar-refractivity contribution in [3.05, 3.63) is 54.1 Å². The number of rotatable bonds is 6. The maximum atomic E-state index is 6.15. The second-order valence-corrected chi connectivity index (χ2v) is 6.75. The first-order valence-electron chi connectivity index (χ1n) is 9.01. The van der Waals surface area contributed by atoms with Gasteiger partial charge in [-0.3, -0.25) is 4.99 Å². The molecular weight excluding hydrogens is 326 g/mol. The normalized spacial score (nSPS) is 16.3. The van der Waals surface area contributed by atoms with Crippen molar-refractivity contribution in [1.29, 1.82) is 0 Å². The Bertz CT molecular complexity index is 767. The average molecular weight is 353 g/mol. The zero-order valence-corrected chi connectivity index (χ0v) is 15.5. The molecule has 0 unspecified atom stereocenters. The average Bonchev–Trinajstić information content (AvgIpc) is 3.16. The van der Waals surface area contributed by atoms with Gasteiger partial charge in [-0.2, -0.15) is 0 Å². The molecule has 0 atom stereocenters. The molecule has 138 valence electrons. The second kappa shape index (κ2) is 8.13. The van der Waals surface area contributed by atoms with Gasteiger partial charge in [0.2, 0.25) is 0 Å². The Morgan fingerprint density at radius 3 is 2.58 bits per heavy atom. The van der Waals surface area contributed by atoms with Crippen molar-refractivity contribution in [2.75, 3.05) is 26.1 Å². The van der Waals surface area contributed by atoms with Crippen LogP contribution >= 0.6 is 0 Å². The van der Waals surface area contributed by atoms with Crippen LogP contribution in [-0.2, 0) is 5.41 Å². The molecule has 3 N–H and O–H groups in total. The highest BCUT2D eigenvalue weighted by molar-refractivity contribution is 5.92. The number of hydrogen-bond donors (Lipinski definition) is 2. The van der Waals surface area contributed by atoms with Crippen molar-refractivity contribution in [2.24, 2.45) is 10.7 Å². The number of methoxy groups -OCH3 is 2. The second-order valence-electron chi connectivity index (χ2n) is 6.75. The summed E-state index contributed by atoms with van der Waals surface area (Å²) >= 11 is 0. The number of benzene rings is 2. The fourth-order valence-corrected chi connectivity index (χ4v) is 3.77. The van der Waals surface area contributed by atoms with Gasteiger partial charge in [0, 0.05) is 22.7 Å².